The maximum absolute atomic E-state index is 12.9. The Balaban J connectivity index is 1.32. The van der Waals surface area contributed by atoms with Gasteiger partial charge in [0.1, 0.15) is 0 Å². The Hall–Kier alpha value is -2.37. The predicted molar refractivity (Wildman–Crippen MR) is 100 cm³/mol. The van der Waals surface area contributed by atoms with E-state index in [-0.39, 0.29) is 23.1 Å². The summed E-state index contributed by atoms with van der Waals surface area (Å²) >= 11 is 0. The Morgan fingerprint density at radius 2 is 1.48 bits per heavy atom. The highest BCUT2D eigenvalue weighted by atomic mass is 16.2. The third-order valence-electron chi connectivity index (χ3n) is 6.57. The van der Waals surface area contributed by atoms with Crippen molar-refractivity contribution in [3.05, 3.63) is 35.4 Å². The summed E-state index contributed by atoms with van der Waals surface area (Å²) in [5, 5.41) is 2.72. The molecule has 3 N–H and O–H groups in total. The van der Waals surface area contributed by atoms with E-state index in [1.165, 1.54) is 26.2 Å². The lowest BCUT2D eigenvalue weighted by Crippen LogP contribution is -2.56. The second-order valence-electron chi connectivity index (χ2n) is 8.71. The van der Waals surface area contributed by atoms with Crippen molar-refractivity contribution in [1.29, 1.82) is 0 Å². The van der Waals surface area contributed by atoms with Gasteiger partial charge in [0.05, 0.1) is 5.41 Å². The normalized spacial score (nSPS) is 30.6. The van der Waals surface area contributed by atoms with Crippen LogP contribution in [-0.2, 0) is 16.1 Å². The molecule has 0 spiro atoms. The summed E-state index contributed by atoms with van der Waals surface area (Å²) in [6.45, 7) is 1.90. The molecule has 0 unspecified atom stereocenters. The Labute approximate surface area is 159 Å². The molecule has 0 aliphatic heterocycles. The van der Waals surface area contributed by atoms with Crippen molar-refractivity contribution in [3.63, 3.8) is 0 Å². The second-order valence-corrected chi connectivity index (χ2v) is 8.71. The van der Waals surface area contributed by atoms with Gasteiger partial charge in [0, 0.05) is 19.0 Å². The maximum atomic E-state index is 12.9. The minimum atomic E-state index is -0.320. The van der Waals surface area contributed by atoms with Crippen LogP contribution in [0.1, 0.15) is 61.4 Å². The molecular weight excluding hydrogens is 342 g/mol. The number of amides is 3. The van der Waals surface area contributed by atoms with Crippen molar-refractivity contribution in [2.24, 2.45) is 23.2 Å². The van der Waals surface area contributed by atoms with Crippen molar-refractivity contribution in [1.82, 2.24) is 16.2 Å². The molecule has 6 heteroatoms. The van der Waals surface area contributed by atoms with Gasteiger partial charge in [-0.15, -0.1) is 0 Å². The Bertz CT molecular complexity index is 721. The number of carbonyl (C=O) groups excluding carboxylic acids is 3. The molecule has 4 bridgehead atoms. The number of hydrazine groups is 1. The molecule has 1 aromatic carbocycles. The minimum Gasteiger partial charge on any atom is -0.352 e. The van der Waals surface area contributed by atoms with Crippen molar-refractivity contribution >= 4 is 17.7 Å². The first kappa shape index (κ1) is 18.0. The van der Waals surface area contributed by atoms with Crippen LogP contribution in [0.3, 0.4) is 0 Å². The van der Waals surface area contributed by atoms with E-state index in [9.17, 15) is 14.4 Å². The van der Waals surface area contributed by atoms with Crippen LogP contribution in [0.25, 0.3) is 0 Å². The number of nitrogens with one attached hydrogen (secondary N) is 3. The van der Waals surface area contributed by atoms with E-state index in [1.807, 2.05) is 0 Å². The first-order valence-corrected chi connectivity index (χ1v) is 9.88. The summed E-state index contributed by atoms with van der Waals surface area (Å²) in [4.78, 5) is 36.2. The molecule has 0 heterocycles. The molecule has 6 nitrogen and oxygen atoms in total. The molecule has 0 radical (unpaired) electrons. The van der Waals surface area contributed by atoms with Crippen molar-refractivity contribution in [2.45, 2.75) is 52.0 Å². The highest BCUT2D eigenvalue weighted by Crippen LogP contribution is 2.60. The summed E-state index contributed by atoms with van der Waals surface area (Å²) < 4.78 is 0. The molecule has 4 aliphatic carbocycles. The van der Waals surface area contributed by atoms with Crippen LogP contribution in [0, 0.1) is 23.2 Å². The molecule has 5 rings (SSSR count). The van der Waals surface area contributed by atoms with E-state index < -0.39 is 0 Å². The van der Waals surface area contributed by atoms with Gasteiger partial charge in [-0.2, -0.15) is 0 Å². The quantitative estimate of drug-likeness (QED) is 0.712. The van der Waals surface area contributed by atoms with Crippen LogP contribution < -0.4 is 16.2 Å². The molecule has 1 aromatic rings. The van der Waals surface area contributed by atoms with Crippen molar-refractivity contribution in [3.8, 4) is 0 Å². The van der Waals surface area contributed by atoms with E-state index in [4.69, 9.17) is 0 Å². The highest BCUT2D eigenvalue weighted by molar-refractivity contribution is 5.96. The third kappa shape index (κ3) is 3.70. The topological polar surface area (TPSA) is 87.3 Å². The van der Waals surface area contributed by atoms with Gasteiger partial charge >= 0.3 is 0 Å². The zero-order valence-electron chi connectivity index (χ0n) is 15.7. The summed E-state index contributed by atoms with van der Waals surface area (Å²) in [5.74, 6) is 1.64. The van der Waals surface area contributed by atoms with E-state index in [0.717, 1.165) is 24.8 Å². The fraction of sp³-hybridized carbons (Fsp3) is 0.571. The smallest absolute Gasteiger partial charge is 0.269 e. The van der Waals surface area contributed by atoms with Gasteiger partial charge < -0.3 is 5.32 Å². The first-order valence-electron chi connectivity index (χ1n) is 9.88. The van der Waals surface area contributed by atoms with E-state index in [1.54, 1.807) is 24.3 Å². The van der Waals surface area contributed by atoms with Gasteiger partial charge in [0.25, 0.3) is 5.91 Å². The summed E-state index contributed by atoms with van der Waals surface area (Å²) in [6, 6.07) is 6.99. The molecule has 0 atom stereocenters. The summed E-state index contributed by atoms with van der Waals surface area (Å²) in [7, 11) is 0. The average molecular weight is 369 g/mol. The summed E-state index contributed by atoms with van der Waals surface area (Å²) in [5.41, 5.74) is 6.40. The molecule has 4 fully saturated rings. The SMILES string of the molecule is CC(=O)NCc1ccc(C(=O)NNC(=O)C23CC4CC(CC(C4)C2)C3)cc1. The number of carbonyl (C=O) groups is 3. The van der Waals surface area contributed by atoms with Gasteiger partial charge in [0.15, 0.2) is 0 Å². The van der Waals surface area contributed by atoms with Crippen LogP contribution >= 0.6 is 0 Å². The molecule has 4 saturated carbocycles. The Morgan fingerprint density at radius 3 is 2.00 bits per heavy atom. The van der Waals surface area contributed by atoms with Crippen LogP contribution in [0.5, 0.6) is 0 Å². The minimum absolute atomic E-state index is 0.0165. The van der Waals surface area contributed by atoms with E-state index in [2.05, 4.69) is 16.2 Å². The maximum Gasteiger partial charge on any atom is 0.269 e. The molecular formula is C21H27N3O3. The third-order valence-corrected chi connectivity index (χ3v) is 6.57. The van der Waals surface area contributed by atoms with Gasteiger partial charge in [-0.05, 0) is 74.0 Å². The zero-order chi connectivity index (χ0) is 19.0. The monoisotopic (exact) mass is 369 g/mol. The number of hydrogen-bond acceptors (Lipinski definition) is 3. The fourth-order valence-corrected chi connectivity index (χ4v) is 5.71. The van der Waals surface area contributed by atoms with Gasteiger partial charge in [-0.1, -0.05) is 12.1 Å². The van der Waals surface area contributed by atoms with Gasteiger partial charge in [-0.3, -0.25) is 25.2 Å². The highest BCUT2D eigenvalue weighted by Gasteiger charge is 2.54. The standard InChI is InChI=1S/C21H27N3O3/c1-13(25)22-12-14-2-4-18(5-3-14)19(26)23-24-20(27)21-9-15-6-16(10-21)8-17(7-15)11-21/h2-5,15-17H,6-12H2,1H3,(H,22,25)(H,23,26)(H,24,27). The summed E-state index contributed by atoms with van der Waals surface area (Å²) in [6.07, 6.45) is 6.76. The van der Waals surface area contributed by atoms with Crippen molar-refractivity contribution in [2.75, 3.05) is 0 Å². The Morgan fingerprint density at radius 1 is 0.926 bits per heavy atom. The average Bonchev–Trinajstić information content (AvgIpc) is 2.63. The number of hydrogen-bond donors (Lipinski definition) is 3. The lowest BCUT2D eigenvalue weighted by molar-refractivity contribution is -0.147. The first-order chi connectivity index (χ1) is 12.9. The predicted octanol–water partition coefficient (Wildman–Crippen LogP) is 2.30. The second kappa shape index (κ2) is 6.98. The largest absolute Gasteiger partial charge is 0.352 e. The van der Waals surface area contributed by atoms with Gasteiger partial charge in [-0.25, -0.2) is 0 Å². The lowest BCUT2D eigenvalue weighted by atomic mass is 9.49. The van der Waals surface area contributed by atoms with Crippen LogP contribution in [-0.4, -0.2) is 17.7 Å². The molecule has 144 valence electrons. The molecule has 4 aliphatic rings. The Kier molecular flexibility index (Phi) is 4.66. The van der Waals surface area contributed by atoms with Crippen LogP contribution in [0.15, 0.2) is 24.3 Å². The van der Waals surface area contributed by atoms with E-state index >= 15 is 0 Å². The zero-order valence-corrected chi connectivity index (χ0v) is 15.7. The molecule has 0 saturated heterocycles. The van der Waals surface area contributed by atoms with Crippen molar-refractivity contribution < 1.29 is 14.4 Å². The number of rotatable bonds is 4. The lowest BCUT2D eigenvalue weighted by Gasteiger charge is -2.55. The van der Waals surface area contributed by atoms with Crippen LogP contribution in [0.2, 0.25) is 0 Å². The van der Waals surface area contributed by atoms with Crippen LogP contribution in [0.4, 0.5) is 0 Å². The molecule has 0 aromatic heterocycles. The number of benzene rings is 1. The molecule has 3 amide bonds. The molecule has 27 heavy (non-hydrogen) atoms. The van der Waals surface area contributed by atoms with Gasteiger partial charge in [0.2, 0.25) is 11.8 Å². The van der Waals surface area contributed by atoms with E-state index in [0.29, 0.717) is 29.9 Å². The fourth-order valence-electron chi connectivity index (χ4n) is 5.71.